The summed E-state index contributed by atoms with van der Waals surface area (Å²) in [5, 5.41) is 2.87. The fourth-order valence-electron chi connectivity index (χ4n) is 3.41. The average molecular weight is 395 g/mol. The SMILES string of the molecule is O=C(NCC1CCCO1)c1coc(CN(Cc2ccccc2)Cc2ccco2)n1. The van der Waals surface area contributed by atoms with Crippen molar-refractivity contribution >= 4 is 5.91 Å². The Balaban J connectivity index is 1.38. The molecule has 1 fully saturated rings. The van der Waals surface area contributed by atoms with Gasteiger partial charge in [0.05, 0.1) is 25.5 Å². The van der Waals surface area contributed by atoms with Crippen LogP contribution in [0.1, 0.15) is 40.5 Å². The average Bonchev–Trinajstić information content (AvgIpc) is 3.50. The highest BCUT2D eigenvalue weighted by molar-refractivity contribution is 5.91. The zero-order valence-corrected chi connectivity index (χ0v) is 16.3. The third kappa shape index (κ3) is 5.56. The summed E-state index contributed by atoms with van der Waals surface area (Å²) < 4.78 is 16.6. The van der Waals surface area contributed by atoms with Crippen LogP contribution in [-0.4, -0.2) is 35.0 Å². The van der Waals surface area contributed by atoms with Crippen LogP contribution in [0.2, 0.25) is 0 Å². The Hall–Kier alpha value is -2.90. The van der Waals surface area contributed by atoms with E-state index < -0.39 is 0 Å². The van der Waals surface area contributed by atoms with E-state index in [1.54, 1.807) is 6.26 Å². The zero-order valence-electron chi connectivity index (χ0n) is 16.3. The number of amides is 1. The summed E-state index contributed by atoms with van der Waals surface area (Å²) in [6.07, 6.45) is 5.19. The molecule has 3 aromatic rings. The molecule has 4 rings (SSSR count). The lowest BCUT2D eigenvalue weighted by molar-refractivity contribution is 0.0853. The Morgan fingerprint density at radius 1 is 1.10 bits per heavy atom. The number of furan rings is 1. The number of benzene rings is 1. The fraction of sp³-hybridized carbons (Fsp3) is 0.364. The number of nitrogens with zero attached hydrogens (tertiary/aromatic N) is 2. The second-order valence-electron chi connectivity index (χ2n) is 7.18. The van der Waals surface area contributed by atoms with Crippen molar-refractivity contribution in [3.05, 3.63) is 77.9 Å². The summed E-state index contributed by atoms with van der Waals surface area (Å²) in [6.45, 7) is 3.06. The van der Waals surface area contributed by atoms with E-state index in [0.29, 0.717) is 32.1 Å². The van der Waals surface area contributed by atoms with Gasteiger partial charge < -0.3 is 18.9 Å². The van der Waals surface area contributed by atoms with Crippen molar-refractivity contribution in [2.45, 2.75) is 38.6 Å². The minimum absolute atomic E-state index is 0.0972. The van der Waals surface area contributed by atoms with Crippen molar-refractivity contribution in [2.24, 2.45) is 0 Å². The minimum Gasteiger partial charge on any atom is -0.468 e. The molecule has 0 aliphatic carbocycles. The van der Waals surface area contributed by atoms with E-state index in [9.17, 15) is 4.79 Å². The van der Waals surface area contributed by atoms with Gasteiger partial charge in [-0.1, -0.05) is 30.3 Å². The predicted octanol–water partition coefficient (Wildman–Crippen LogP) is 3.38. The Bertz CT molecular complexity index is 886. The summed E-state index contributed by atoms with van der Waals surface area (Å²) >= 11 is 0. The maximum absolute atomic E-state index is 12.3. The molecule has 1 unspecified atom stereocenters. The Morgan fingerprint density at radius 2 is 2.00 bits per heavy atom. The first-order chi connectivity index (χ1) is 14.3. The van der Waals surface area contributed by atoms with Gasteiger partial charge in [0.2, 0.25) is 5.89 Å². The molecule has 7 heteroatoms. The molecule has 2 aromatic heterocycles. The van der Waals surface area contributed by atoms with Crippen molar-refractivity contribution in [2.75, 3.05) is 13.2 Å². The molecule has 1 aliphatic rings. The van der Waals surface area contributed by atoms with Gasteiger partial charge in [-0.15, -0.1) is 0 Å². The van der Waals surface area contributed by atoms with E-state index in [-0.39, 0.29) is 17.7 Å². The van der Waals surface area contributed by atoms with Crippen molar-refractivity contribution < 1.29 is 18.4 Å². The van der Waals surface area contributed by atoms with Crippen LogP contribution in [0.15, 0.2) is 63.8 Å². The van der Waals surface area contributed by atoms with Crippen molar-refractivity contribution in [3.8, 4) is 0 Å². The number of nitrogens with one attached hydrogen (secondary N) is 1. The van der Waals surface area contributed by atoms with Gasteiger partial charge in [-0.25, -0.2) is 4.98 Å². The van der Waals surface area contributed by atoms with Crippen LogP contribution >= 0.6 is 0 Å². The normalized spacial score (nSPS) is 16.4. The molecule has 1 atom stereocenters. The number of hydrogen-bond acceptors (Lipinski definition) is 6. The fourth-order valence-corrected chi connectivity index (χ4v) is 3.41. The van der Waals surface area contributed by atoms with E-state index >= 15 is 0 Å². The summed E-state index contributed by atoms with van der Waals surface area (Å²) in [6, 6.07) is 14.0. The van der Waals surface area contributed by atoms with Crippen LogP contribution in [0, 0.1) is 0 Å². The highest BCUT2D eigenvalue weighted by Crippen LogP contribution is 2.15. The molecular weight excluding hydrogens is 370 g/mol. The lowest BCUT2D eigenvalue weighted by Gasteiger charge is -2.19. The van der Waals surface area contributed by atoms with Crippen LogP contribution in [0.25, 0.3) is 0 Å². The smallest absolute Gasteiger partial charge is 0.273 e. The first-order valence-electron chi connectivity index (χ1n) is 9.89. The topological polar surface area (TPSA) is 80.7 Å². The van der Waals surface area contributed by atoms with Crippen LogP contribution < -0.4 is 5.32 Å². The van der Waals surface area contributed by atoms with Gasteiger partial charge >= 0.3 is 0 Å². The van der Waals surface area contributed by atoms with Gasteiger partial charge in [-0.05, 0) is 30.5 Å². The highest BCUT2D eigenvalue weighted by atomic mass is 16.5. The molecule has 0 spiro atoms. The van der Waals surface area contributed by atoms with Crippen molar-refractivity contribution in [3.63, 3.8) is 0 Å². The number of hydrogen-bond donors (Lipinski definition) is 1. The van der Waals surface area contributed by atoms with Gasteiger partial charge in [0.1, 0.15) is 12.0 Å². The summed E-state index contributed by atoms with van der Waals surface area (Å²) in [4.78, 5) is 18.9. The lowest BCUT2D eigenvalue weighted by Crippen LogP contribution is -2.32. The van der Waals surface area contributed by atoms with Crippen molar-refractivity contribution in [1.82, 2.24) is 15.2 Å². The molecule has 0 radical (unpaired) electrons. The highest BCUT2D eigenvalue weighted by Gasteiger charge is 2.19. The van der Waals surface area contributed by atoms with Crippen molar-refractivity contribution in [1.29, 1.82) is 0 Å². The van der Waals surface area contributed by atoms with Crippen LogP contribution in [0.3, 0.4) is 0 Å². The second kappa shape index (κ2) is 9.54. The monoisotopic (exact) mass is 395 g/mol. The largest absolute Gasteiger partial charge is 0.468 e. The molecule has 0 saturated carbocycles. The quantitative estimate of drug-likeness (QED) is 0.598. The Kier molecular flexibility index (Phi) is 6.38. The molecule has 1 saturated heterocycles. The number of rotatable bonds is 9. The molecule has 29 heavy (non-hydrogen) atoms. The van der Waals surface area contributed by atoms with Gasteiger partial charge in [-0.3, -0.25) is 9.69 Å². The van der Waals surface area contributed by atoms with E-state index in [4.69, 9.17) is 13.6 Å². The molecule has 152 valence electrons. The molecular formula is C22H25N3O4. The number of oxazole rings is 1. The molecule has 1 aromatic carbocycles. The second-order valence-corrected chi connectivity index (χ2v) is 7.18. The zero-order chi connectivity index (χ0) is 19.9. The Morgan fingerprint density at radius 3 is 2.76 bits per heavy atom. The number of aromatic nitrogens is 1. The van der Waals surface area contributed by atoms with E-state index in [1.165, 1.54) is 11.8 Å². The standard InChI is InChI=1S/C22H25N3O4/c26-22(23-12-18-8-4-10-27-18)20-16-29-21(24-20)15-25(14-19-9-5-11-28-19)13-17-6-2-1-3-7-17/h1-3,5-7,9,11,16,18H,4,8,10,12-15H2,(H,23,26). The molecule has 7 nitrogen and oxygen atoms in total. The summed E-state index contributed by atoms with van der Waals surface area (Å²) in [7, 11) is 0. The van der Waals surface area contributed by atoms with Gasteiger partial charge in [-0.2, -0.15) is 0 Å². The number of ether oxygens (including phenoxy) is 1. The third-order valence-corrected chi connectivity index (χ3v) is 4.87. The molecule has 3 heterocycles. The van der Waals surface area contributed by atoms with E-state index in [0.717, 1.165) is 25.2 Å². The molecule has 0 bridgehead atoms. The maximum atomic E-state index is 12.3. The molecule has 1 amide bonds. The Labute approximate surface area is 169 Å². The summed E-state index contributed by atoms with van der Waals surface area (Å²) in [5.41, 5.74) is 1.47. The minimum atomic E-state index is -0.240. The van der Waals surface area contributed by atoms with Crippen LogP contribution in [0.4, 0.5) is 0 Å². The van der Waals surface area contributed by atoms with Gasteiger partial charge in [0.15, 0.2) is 5.69 Å². The molecule has 1 aliphatic heterocycles. The van der Waals surface area contributed by atoms with E-state index in [1.807, 2.05) is 30.3 Å². The first kappa shape index (κ1) is 19.4. The first-order valence-corrected chi connectivity index (χ1v) is 9.89. The number of carbonyl (C=O) groups excluding carboxylic acids is 1. The summed E-state index contributed by atoms with van der Waals surface area (Å²) in [5.74, 6) is 1.12. The van der Waals surface area contributed by atoms with Crippen LogP contribution in [-0.2, 0) is 24.4 Å². The van der Waals surface area contributed by atoms with Crippen LogP contribution in [0.5, 0.6) is 0 Å². The van der Waals surface area contributed by atoms with E-state index in [2.05, 4.69) is 27.3 Å². The maximum Gasteiger partial charge on any atom is 0.273 e. The predicted molar refractivity (Wildman–Crippen MR) is 106 cm³/mol. The van der Waals surface area contributed by atoms with Gasteiger partial charge in [0.25, 0.3) is 5.91 Å². The van der Waals surface area contributed by atoms with Gasteiger partial charge in [0, 0.05) is 19.7 Å². The molecule has 1 N–H and O–H groups in total. The third-order valence-electron chi connectivity index (χ3n) is 4.87. The lowest BCUT2D eigenvalue weighted by atomic mass is 10.2. The number of carbonyl (C=O) groups is 1.